The SMILES string of the molecule is CCOP(=O)(OCC)C(=O)OCc1ccccc1. The number of carbonyl (C=O) groups is 1. The third kappa shape index (κ3) is 4.26. The second-order valence-electron chi connectivity index (χ2n) is 3.37. The normalized spacial score (nSPS) is 11.2. The molecule has 1 aromatic rings. The van der Waals surface area contributed by atoms with Gasteiger partial charge in [-0.05, 0) is 19.4 Å². The molecular weight excluding hydrogens is 255 g/mol. The van der Waals surface area contributed by atoms with E-state index in [9.17, 15) is 9.36 Å². The van der Waals surface area contributed by atoms with E-state index in [1.54, 1.807) is 26.0 Å². The molecule has 0 aliphatic rings. The zero-order chi connectivity index (χ0) is 13.4. The average molecular weight is 272 g/mol. The molecule has 0 saturated heterocycles. The van der Waals surface area contributed by atoms with Gasteiger partial charge in [-0.3, -0.25) is 0 Å². The summed E-state index contributed by atoms with van der Waals surface area (Å²) < 4.78 is 26.7. The summed E-state index contributed by atoms with van der Waals surface area (Å²) in [6, 6.07) is 9.12. The first-order valence-corrected chi connectivity index (χ1v) is 7.27. The molecule has 0 unspecified atom stereocenters. The fourth-order valence-electron chi connectivity index (χ4n) is 1.28. The predicted octanol–water partition coefficient (Wildman–Crippen LogP) is 3.59. The molecule has 0 spiro atoms. The van der Waals surface area contributed by atoms with Gasteiger partial charge in [0.25, 0.3) is 0 Å². The standard InChI is InChI=1S/C12H17O5P/c1-3-16-18(14,17-4-2)12(13)15-10-11-8-6-5-7-9-11/h5-9H,3-4,10H2,1-2H3. The number of ether oxygens (including phenoxy) is 1. The summed E-state index contributed by atoms with van der Waals surface area (Å²) in [5, 5.41) is 0. The summed E-state index contributed by atoms with van der Waals surface area (Å²) in [7, 11) is -3.81. The Kier molecular flexibility index (Phi) is 6.05. The first kappa shape index (κ1) is 14.9. The van der Waals surface area contributed by atoms with Crippen LogP contribution >= 0.6 is 7.60 Å². The van der Waals surface area contributed by atoms with E-state index in [1.165, 1.54) is 0 Å². The highest BCUT2D eigenvalue weighted by molar-refractivity contribution is 7.71. The van der Waals surface area contributed by atoms with Crippen LogP contribution in [0.3, 0.4) is 0 Å². The van der Waals surface area contributed by atoms with Crippen LogP contribution in [0, 0.1) is 0 Å². The lowest BCUT2D eigenvalue weighted by molar-refractivity contribution is 0.143. The lowest BCUT2D eigenvalue weighted by atomic mass is 10.2. The molecule has 18 heavy (non-hydrogen) atoms. The van der Waals surface area contributed by atoms with Gasteiger partial charge in [-0.15, -0.1) is 0 Å². The van der Waals surface area contributed by atoms with Gasteiger partial charge in [0.2, 0.25) is 0 Å². The molecule has 1 aromatic carbocycles. The first-order valence-electron chi connectivity index (χ1n) is 5.72. The topological polar surface area (TPSA) is 61.8 Å². The van der Waals surface area contributed by atoms with Gasteiger partial charge in [0.05, 0.1) is 13.2 Å². The van der Waals surface area contributed by atoms with E-state index in [2.05, 4.69) is 0 Å². The van der Waals surface area contributed by atoms with E-state index in [4.69, 9.17) is 13.8 Å². The maximum atomic E-state index is 12.0. The van der Waals surface area contributed by atoms with Crippen molar-refractivity contribution in [3.05, 3.63) is 35.9 Å². The highest BCUT2D eigenvalue weighted by Crippen LogP contribution is 2.50. The van der Waals surface area contributed by atoms with Crippen molar-refractivity contribution in [1.82, 2.24) is 0 Å². The van der Waals surface area contributed by atoms with Crippen LogP contribution in [0.2, 0.25) is 0 Å². The second kappa shape index (κ2) is 7.31. The van der Waals surface area contributed by atoms with Gasteiger partial charge in [-0.1, -0.05) is 30.3 Å². The summed E-state index contributed by atoms with van der Waals surface area (Å²) >= 11 is 0. The Morgan fingerprint density at radius 1 is 1.11 bits per heavy atom. The molecule has 1 rings (SSSR count). The largest absolute Gasteiger partial charge is 0.452 e. The second-order valence-corrected chi connectivity index (χ2v) is 5.25. The van der Waals surface area contributed by atoms with Gasteiger partial charge >= 0.3 is 13.3 Å². The molecule has 0 amide bonds. The van der Waals surface area contributed by atoms with Gasteiger partial charge in [0.15, 0.2) is 0 Å². The van der Waals surface area contributed by atoms with Crippen LogP contribution < -0.4 is 0 Å². The van der Waals surface area contributed by atoms with Crippen LogP contribution in [-0.2, 0) is 25.0 Å². The first-order chi connectivity index (χ1) is 8.62. The Labute approximate surface area is 107 Å². The van der Waals surface area contributed by atoms with Crippen molar-refractivity contribution in [3.63, 3.8) is 0 Å². The van der Waals surface area contributed by atoms with Gasteiger partial charge in [0, 0.05) is 0 Å². The number of benzene rings is 1. The van der Waals surface area contributed by atoms with E-state index in [0.29, 0.717) is 0 Å². The number of carbonyl (C=O) groups excluding carboxylic acids is 1. The van der Waals surface area contributed by atoms with Crippen molar-refractivity contribution in [2.24, 2.45) is 0 Å². The van der Waals surface area contributed by atoms with Gasteiger partial charge < -0.3 is 13.8 Å². The number of hydrogen-bond donors (Lipinski definition) is 0. The molecule has 0 heterocycles. The molecule has 0 aliphatic heterocycles. The molecule has 5 nitrogen and oxygen atoms in total. The lowest BCUT2D eigenvalue weighted by Gasteiger charge is -2.15. The molecule has 0 aliphatic carbocycles. The minimum Gasteiger partial charge on any atom is -0.452 e. The molecule has 0 saturated carbocycles. The van der Waals surface area contributed by atoms with E-state index >= 15 is 0 Å². The lowest BCUT2D eigenvalue weighted by Crippen LogP contribution is -2.09. The Balaban J connectivity index is 2.60. The van der Waals surface area contributed by atoms with Crippen LogP contribution in [0.4, 0.5) is 4.79 Å². The number of hydrogen-bond acceptors (Lipinski definition) is 5. The highest BCUT2D eigenvalue weighted by atomic mass is 31.2. The van der Waals surface area contributed by atoms with Crippen molar-refractivity contribution < 1.29 is 23.1 Å². The zero-order valence-corrected chi connectivity index (χ0v) is 11.4. The van der Waals surface area contributed by atoms with E-state index in [0.717, 1.165) is 5.56 Å². The van der Waals surface area contributed by atoms with Gasteiger partial charge in [-0.2, -0.15) is 0 Å². The molecule has 100 valence electrons. The molecule has 0 atom stereocenters. The van der Waals surface area contributed by atoms with Gasteiger partial charge in [0.1, 0.15) is 6.61 Å². The minimum atomic E-state index is -3.81. The third-order valence-corrected chi connectivity index (χ3v) is 3.80. The molecule has 0 aromatic heterocycles. The number of rotatable bonds is 7. The fraction of sp³-hybridized carbons (Fsp3) is 0.417. The van der Waals surface area contributed by atoms with Gasteiger partial charge in [-0.25, -0.2) is 9.36 Å². The highest BCUT2D eigenvalue weighted by Gasteiger charge is 2.36. The Hall–Kier alpha value is -1.16. The molecule has 0 N–H and O–H groups in total. The van der Waals surface area contributed by atoms with Crippen LogP contribution in [-0.4, -0.2) is 18.9 Å². The molecular formula is C12H17O5P. The van der Waals surface area contributed by atoms with Crippen molar-refractivity contribution in [2.75, 3.05) is 13.2 Å². The van der Waals surface area contributed by atoms with Crippen molar-refractivity contribution in [1.29, 1.82) is 0 Å². The zero-order valence-electron chi connectivity index (χ0n) is 10.5. The molecule has 0 fully saturated rings. The predicted molar refractivity (Wildman–Crippen MR) is 67.5 cm³/mol. The van der Waals surface area contributed by atoms with E-state index < -0.39 is 13.3 Å². The molecule has 0 bridgehead atoms. The minimum absolute atomic E-state index is 0.0454. The summed E-state index contributed by atoms with van der Waals surface area (Å²) in [5.41, 5.74) is -0.138. The van der Waals surface area contributed by atoms with E-state index in [-0.39, 0.29) is 19.8 Å². The van der Waals surface area contributed by atoms with Crippen LogP contribution in [0.15, 0.2) is 30.3 Å². The average Bonchev–Trinajstić information content (AvgIpc) is 2.37. The van der Waals surface area contributed by atoms with E-state index in [1.807, 2.05) is 18.2 Å². The maximum absolute atomic E-state index is 12.0. The van der Waals surface area contributed by atoms with Crippen molar-refractivity contribution >= 4 is 13.3 Å². The summed E-state index contributed by atoms with van der Waals surface area (Å²) in [6.07, 6.45) is 0. The Bertz CT molecular complexity index is 408. The maximum Gasteiger partial charge on any atom is 0.438 e. The summed E-state index contributed by atoms with van der Waals surface area (Å²) in [6.45, 7) is 3.56. The molecule has 6 heteroatoms. The smallest absolute Gasteiger partial charge is 0.438 e. The van der Waals surface area contributed by atoms with Crippen LogP contribution in [0.5, 0.6) is 0 Å². The quantitative estimate of drug-likeness (QED) is 0.710. The summed E-state index contributed by atoms with van der Waals surface area (Å²) in [4.78, 5) is 11.7. The Morgan fingerprint density at radius 2 is 1.67 bits per heavy atom. The molecule has 0 radical (unpaired) electrons. The van der Waals surface area contributed by atoms with Crippen molar-refractivity contribution in [2.45, 2.75) is 20.5 Å². The monoisotopic (exact) mass is 272 g/mol. The third-order valence-electron chi connectivity index (χ3n) is 2.03. The van der Waals surface area contributed by atoms with Crippen molar-refractivity contribution in [3.8, 4) is 0 Å². The van der Waals surface area contributed by atoms with Crippen LogP contribution in [0.25, 0.3) is 0 Å². The summed E-state index contributed by atoms with van der Waals surface area (Å²) in [5.74, 6) is 0. The fourth-order valence-corrected chi connectivity index (χ4v) is 2.47. The van der Waals surface area contributed by atoms with Crippen LogP contribution in [0.1, 0.15) is 19.4 Å². The Morgan fingerprint density at radius 3 is 2.17 bits per heavy atom.